The van der Waals surface area contributed by atoms with Gasteiger partial charge in [0, 0.05) is 25.7 Å². The number of aryl methyl sites for hydroxylation is 1. The number of hydrogen-bond acceptors (Lipinski definition) is 4. The lowest BCUT2D eigenvalue weighted by molar-refractivity contribution is 0.177. The maximum atomic E-state index is 10.3. The number of aliphatic hydroxyl groups is 1. The number of aliphatic hydroxyl groups excluding tert-OH is 1. The molecule has 5 nitrogen and oxygen atoms in total. The smallest absolute Gasteiger partial charge is 0.122 e. The number of rotatable bonds is 5. The van der Waals surface area contributed by atoms with E-state index in [1.165, 1.54) is 0 Å². The molecule has 1 N–H and O–H groups in total. The quantitative estimate of drug-likeness (QED) is 0.891. The Bertz CT molecular complexity index is 529. The minimum absolute atomic E-state index is 0.504. The van der Waals surface area contributed by atoms with Crippen molar-refractivity contribution in [1.82, 2.24) is 9.78 Å². The molecule has 0 radical (unpaired) electrons. The standard InChI is InChI=1S/C14H18N2O3/c1-16-9-10(8-15-16)4-14(17)11-5-12(18-2)7-13(6-11)19-3/h5-9,14,17H,4H2,1-3H3. The second-order valence-electron chi connectivity index (χ2n) is 4.39. The highest BCUT2D eigenvalue weighted by atomic mass is 16.5. The predicted octanol–water partition coefficient (Wildman–Crippen LogP) is 1.71. The molecule has 19 heavy (non-hydrogen) atoms. The fourth-order valence-electron chi connectivity index (χ4n) is 1.94. The number of benzene rings is 1. The molecule has 0 aliphatic rings. The summed E-state index contributed by atoms with van der Waals surface area (Å²) in [6, 6.07) is 5.40. The molecule has 2 rings (SSSR count). The Morgan fingerprint density at radius 1 is 1.21 bits per heavy atom. The van der Waals surface area contributed by atoms with Crippen molar-refractivity contribution >= 4 is 0 Å². The predicted molar refractivity (Wildman–Crippen MR) is 71.4 cm³/mol. The van der Waals surface area contributed by atoms with Crippen LogP contribution in [0.4, 0.5) is 0 Å². The van der Waals surface area contributed by atoms with Gasteiger partial charge >= 0.3 is 0 Å². The summed E-state index contributed by atoms with van der Waals surface area (Å²) in [4.78, 5) is 0. The lowest BCUT2D eigenvalue weighted by atomic mass is 10.0. The van der Waals surface area contributed by atoms with Gasteiger partial charge in [0.05, 0.1) is 26.5 Å². The van der Waals surface area contributed by atoms with Crippen LogP contribution in [0.5, 0.6) is 11.5 Å². The summed E-state index contributed by atoms with van der Waals surface area (Å²) in [7, 11) is 5.03. The van der Waals surface area contributed by atoms with Gasteiger partial charge in [-0.25, -0.2) is 0 Å². The summed E-state index contributed by atoms with van der Waals surface area (Å²) >= 11 is 0. The average Bonchev–Trinajstić information content (AvgIpc) is 2.83. The molecular weight excluding hydrogens is 244 g/mol. The van der Waals surface area contributed by atoms with Crippen LogP contribution in [0.2, 0.25) is 0 Å². The highest BCUT2D eigenvalue weighted by Crippen LogP contribution is 2.28. The molecular formula is C14H18N2O3. The Kier molecular flexibility index (Phi) is 4.06. The molecule has 0 spiro atoms. The molecule has 102 valence electrons. The zero-order valence-corrected chi connectivity index (χ0v) is 11.3. The molecule has 0 bridgehead atoms. The van der Waals surface area contributed by atoms with Gasteiger partial charge in [0.25, 0.3) is 0 Å². The van der Waals surface area contributed by atoms with E-state index in [1.807, 2.05) is 25.4 Å². The van der Waals surface area contributed by atoms with Crippen molar-refractivity contribution in [2.45, 2.75) is 12.5 Å². The van der Waals surface area contributed by atoms with Crippen LogP contribution in [-0.2, 0) is 13.5 Å². The summed E-state index contributed by atoms with van der Waals surface area (Å²) in [6.45, 7) is 0. The Morgan fingerprint density at radius 3 is 2.32 bits per heavy atom. The molecule has 2 aromatic rings. The highest BCUT2D eigenvalue weighted by molar-refractivity contribution is 5.39. The van der Waals surface area contributed by atoms with E-state index < -0.39 is 6.10 Å². The molecule has 0 saturated heterocycles. The van der Waals surface area contributed by atoms with Crippen LogP contribution in [0.3, 0.4) is 0 Å². The largest absolute Gasteiger partial charge is 0.497 e. The van der Waals surface area contributed by atoms with Crippen LogP contribution in [0.25, 0.3) is 0 Å². The number of nitrogens with zero attached hydrogens (tertiary/aromatic N) is 2. The first-order chi connectivity index (χ1) is 9.12. The van der Waals surface area contributed by atoms with Gasteiger partial charge in [-0.1, -0.05) is 0 Å². The molecule has 0 aliphatic carbocycles. The van der Waals surface area contributed by atoms with Crippen molar-refractivity contribution in [3.05, 3.63) is 41.7 Å². The van der Waals surface area contributed by atoms with Gasteiger partial charge in [-0.3, -0.25) is 4.68 Å². The van der Waals surface area contributed by atoms with Crippen molar-refractivity contribution in [3.8, 4) is 11.5 Å². The summed E-state index contributed by atoms with van der Waals surface area (Å²) < 4.78 is 12.1. The monoisotopic (exact) mass is 262 g/mol. The highest BCUT2D eigenvalue weighted by Gasteiger charge is 2.12. The molecule has 1 aromatic heterocycles. The Hall–Kier alpha value is -2.01. The van der Waals surface area contributed by atoms with Crippen LogP contribution < -0.4 is 9.47 Å². The summed E-state index contributed by atoms with van der Waals surface area (Å²) in [5.74, 6) is 1.33. The fraction of sp³-hybridized carbons (Fsp3) is 0.357. The minimum atomic E-state index is -0.617. The third-order valence-corrected chi connectivity index (χ3v) is 2.95. The first kappa shape index (κ1) is 13.4. The molecule has 5 heteroatoms. The molecule has 1 aromatic carbocycles. The van der Waals surface area contributed by atoms with Crippen molar-refractivity contribution in [2.24, 2.45) is 7.05 Å². The SMILES string of the molecule is COc1cc(OC)cc(C(O)Cc2cnn(C)c2)c1. The van der Waals surface area contributed by atoms with Gasteiger partial charge in [0.1, 0.15) is 11.5 Å². The Morgan fingerprint density at radius 2 is 1.84 bits per heavy atom. The van der Waals surface area contributed by atoms with E-state index in [0.717, 1.165) is 11.1 Å². The lowest BCUT2D eigenvalue weighted by Gasteiger charge is -2.13. The summed E-state index contributed by atoms with van der Waals surface area (Å²) in [5.41, 5.74) is 1.75. The van der Waals surface area contributed by atoms with Gasteiger partial charge in [0.15, 0.2) is 0 Å². The molecule has 1 heterocycles. The number of hydrogen-bond donors (Lipinski definition) is 1. The van der Waals surface area contributed by atoms with Crippen molar-refractivity contribution < 1.29 is 14.6 Å². The summed E-state index contributed by atoms with van der Waals surface area (Å²) in [5, 5.41) is 14.4. The molecule has 0 amide bonds. The van der Waals surface area contributed by atoms with E-state index in [4.69, 9.17) is 9.47 Å². The van der Waals surface area contributed by atoms with E-state index in [9.17, 15) is 5.11 Å². The molecule has 1 atom stereocenters. The normalized spacial score (nSPS) is 12.2. The zero-order valence-electron chi connectivity index (χ0n) is 11.3. The third-order valence-electron chi connectivity index (χ3n) is 2.95. The number of ether oxygens (including phenoxy) is 2. The summed E-state index contributed by atoms with van der Waals surface area (Å²) in [6.07, 6.45) is 3.53. The first-order valence-corrected chi connectivity index (χ1v) is 6.01. The van der Waals surface area contributed by atoms with E-state index in [2.05, 4.69) is 5.10 Å². The number of aromatic nitrogens is 2. The average molecular weight is 262 g/mol. The van der Waals surface area contributed by atoms with Crippen molar-refractivity contribution in [1.29, 1.82) is 0 Å². The van der Waals surface area contributed by atoms with Gasteiger partial charge in [-0.2, -0.15) is 5.10 Å². The lowest BCUT2D eigenvalue weighted by Crippen LogP contribution is -2.02. The second-order valence-corrected chi connectivity index (χ2v) is 4.39. The maximum Gasteiger partial charge on any atom is 0.122 e. The van der Waals surface area contributed by atoms with Gasteiger partial charge in [-0.15, -0.1) is 0 Å². The van der Waals surface area contributed by atoms with Gasteiger partial charge in [-0.05, 0) is 23.3 Å². The fourth-order valence-corrected chi connectivity index (χ4v) is 1.94. The van der Waals surface area contributed by atoms with Crippen molar-refractivity contribution in [3.63, 3.8) is 0 Å². The Balaban J connectivity index is 2.20. The van der Waals surface area contributed by atoms with E-state index in [1.54, 1.807) is 31.2 Å². The van der Waals surface area contributed by atoms with Crippen LogP contribution in [0.1, 0.15) is 17.2 Å². The van der Waals surface area contributed by atoms with E-state index in [-0.39, 0.29) is 0 Å². The van der Waals surface area contributed by atoms with Gasteiger partial charge < -0.3 is 14.6 Å². The van der Waals surface area contributed by atoms with Crippen LogP contribution >= 0.6 is 0 Å². The van der Waals surface area contributed by atoms with Crippen LogP contribution in [-0.4, -0.2) is 29.1 Å². The molecule has 0 saturated carbocycles. The third kappa shape index (κ3) is 3.26. The number of methoxy groups -OCH3 is 2. The topological polar surface area (TPSA) is 56.5 Å². The minimum Gasteiger partial charge on any atom is -0.497 e. The molecule has 0 fully saturated rings. The molecule has 1 unspecified atom stereocenters. The molecule has 0 aliphatic heterocycles. The van der Waals surface area contributed by atoms with E-state index in [0.29, 0.717) is 17.9 Å². The second kappa shape index (κ2) is 5.75. The Labute approximate surface area is 112 Å². The van der Waals surface area contributed by atoms with Crippen molar-refractivity contribution in [2.75, 3.05) is 14.2 Å². The van der Waals surface area contributed by atoms with Crippen LogP contribution in [0, 0.1) is 0 Å². The maximum absolute atomic E-state index is 10.3. The van der Waals surface area contributed by atoms with E-state index >= 15 is 0 Å². The zero-order chi connectivity index (χ0) is 13.8. The first-order valence-electron chi connectivity index (χ1n) is 6.01. The van der Waals surface area contributed by atoms with Gasteiger partial charge in [0.2, 0.25) is 0 Å². The van der Waals surface area contributed by atoms with Crippen LogP contribution in [0.15, 0.2) is 30.6 Å².